The van der Waals surface area contributed by atoms with Gasteiger partial charge in [-0.3, -0.25) is 19.9 Å². The lowest BCUT2D eigenvalue weighted by atomic mass is 10.1. The number of halogens is 2. The first-order chi connectivity index (χ1) is 21.3. The van der Waals surface area contributed by atoms with Gasteiger partial charge in [0.2, 0.25) is 5.91 Å². The van der Waals surface area contributed by atoms with Crippen LogP contribution in [0.15, 0.2) is 55.1 Å². The van der Waals surface area contributed by atoms with Gasteiger partial charge in [0, 0.05) is 60.5 Å². The van der Waals surface area contributed by atoms with Gasteiger partial charge in [-0.15, -0.1) is 0 Å². The number of rotatable bonds is 10. The standard InChI is InChI=1S/C31H30F2N10O/c1-4-5-24(44)38-21-12-18(14-34-15-21)22-16-37-30-25(26(22)33)29(41-42-30)31-39-23-6-7-36-27(28(23)40-31)17-10-19(32)13-20(11-17)35-8-9-43(2)3/h6-7,10-16,35H,4-5,8-9H2,1-3H3,(H,38,44)(H,39,40)(H,37,41,42). The van der Waals surface area contributed by atoms with Crippen LogP contribution in [0.5, 0.6) is 0 Å². The highest BCUT2D eigenvalue weighted by molar-refractivity contribution is 5.97. The third-order valence-corrected chi connectivity index (χ3v) is 7.03. The Morgan fingerprint density at radius 2 is 1.86 bits per heavy atom. The van der Waals surface area contributed by atoms with Crippen molar-refractivity contribution in [2.24, 2.45) is 0 Å². The molecule has 0 aliphatic rings. The van der Waals surface area contributed by atoms with E-state index in [9.17, 15) is 9.18 Å². The van der Waals surface area contributed by atoms with Crippen LogP contribution in [0.1, 0.15) is 19.8 Å². The molecule has 4 N–H and O–H groups in total. The summed E-state index contributed by atoms with van der Waals surface area (Å²) in [6.07, 6.45) is 7.07. The quantitative estimate of drug-likeness (QED) is 0.160. The molecule has 0 radical (unpaired) electrons. The van der Waals surface area contributed by atoms with Crippen LogP contribution >= 0.6 is 0 Å². The topological polar surface area (TPSA) is 140 Å². The molecule has 0 aliphatic carbocycles. The number of hydrogen-bond donors (Lipinski definition) is 4. The minimum Gasteiger partial charge on any atom is -0.384 e. The van der Waals surface area contributed by atoms with E-state index in [4.69, 9.17) is 4.98 Å². The molecule has 44 heavy (non-hydrogen) atoms. The number of nitrogens with zero attached hydrogens (tertiary/aromatic N) is 6. The number of aromatic amines is 2. The van der Waals surface area contributed by atoms with E-state index in [2.05, 4.69) is 40.8 Å². The number of pyridine rings is 3. The van der Waals surface area contributed by atoms with E-state index in [1.807, 2.05) is 32.0 Å². The maximum Gasteiger partial charge on any atom is 0.224 e. The summed E-state index contributed by atoms with van der Waals surface area (Å²) in [5.41, 5.74) is 4.29. The number of imidazole rings is 1. The molecule has 0 aliphatic heterocycles. The minimum atomic E-state index is -0.574. The molecule has 5 aromatic heterocycles. The summed E-state index contributed by atoms with van der Waals surface area (Å²) in [6, 6.07) is 8.05. The number of benzene rings is 1. The predicted octanol–water partition coefficient (Wildman–Crippen LogP) is 5.62. The van der Waals surface area contributed by atoms with Crippen LogP contribution in [-0.4, -0.2) is 73.1 Å². The van der Waals surface area contributed by atoms with E-state index in [1.54, 1.807) is 18.3 Å². The lowest BCUT2D eigenvalue weighted by Gasteiger charge is -2.12. The zero-order chi connectivity index (χ0) is 30.8. The zero-order valence-electron chi connectivity index (χ0n) is 24.4. The monoisotopic (exact) mass is 596 g/mol. The Hall–Kier alpha value is -5.30. The largest absolute Gasteiger partial charge is 0.384 e. The van der Waals surface area contributed by atoms with E-state index in [-0.39, 0.29) is 22.5 Å². The fraction of sp³-hybridized carbons (Fsp3) is 0.226. The average molecular weight is 597 g/mol. The molecule has 0 unspecified atom stereocenters. The fourth-order valence-corrected chi connectivity index (χ4v) is 4.95. The lowest BCUT2D eigenvalue weighted by Crippen LogP contribution is -2.20. The average Bonchev–Trinajstić information content (AvgIpc) is 3.62. The molecule has 1 amide bonds. The van der Waals surface area contributed by atoms with Crippen molar-refractivity contribution >= 4 is 39.3 Å². The fourth-order valence-electron chi connectivity index (χ4n) is 4.95. The Morgan fingerprint density at radius 1 is 1.02 bits per heavy atom. The summed E-state index contributed by atoms with van der Waals surface area (Å²) in [6.45, 7) is 3.34. The van der Waals surface area contributed by atoms with E-state index < -0.39 is 11.6 Å². The van der Waals surface area contributed by atoms with Gasteiger partial charge in [-0.25, -0.2) is 18.7 Å². The number of likely N-dealkylation sites (N-methyl/N-ethyl adjacent to an activating group) is 1. The first-order valence-electron chi connectivity index (χ1n) is 14.1. The highest BCUT2D eigenvalue weighted by Gasteiger charge is 2.22. The van der Waals surface area contributed by atoms with Crippen LogP contribution in [0.25, 0.3) is 56.0 Å². The molecule has 0 saturated carbocycles. The summed E-state index contributed by atoms with van der Waals surface area (Å²) in [5, 5.41) is 13.2. The Kier molecular flexibility index (Phi) is 7.94. The van der Waals surface area contributed by atoms with Crippen LogP contribution in [0, 0.1) is 11.6 Å². The van der Waals surface area contributed by atoms with Crippen molar-refractivity contribution in [3.63, 3.8) is 0 Å². The predicted molar refractivity (Wildman–Crippen MR) is 166 cm³/mol. The van der Waals surface area contributed by atoms with Crippen molar-refractivity contribution in [3.8, 4) is 33.9 Å². The van der Waals surface area contributed by atoms with Crippen LogP contribution in [0.2, 0.25) is 0 Å². The Bertz CT molecular complexity index is 1980. The summed E-state index contributed by atoms with van der Waals surface area (Å²) in [4.78, 5) is 35.1. The van der Waals surface area contributed by atoms with Crippen LogP contribution in [0.3, 0.4) is 0 Å². The molecule has 13 heteroatoms. The van der Waals surface area contributed by atoms with Gasteiger partial charge < -0.3 is 20.5 Å². The van der Waals surface area contributed by atoms with Crippen LogP contribution in [0.4, 0.5) is 20.2 Å². The highest BCUT2D eigenvalue weighted by Crippen LogP contribution is 2.35. The summed E-state index contributed by atoms with van der Waals surface area (Å²) in [7, 11) is 3.93. The number of anilines is 2. The summed E-state index contributed by atoms with van der Waals surface area (Å²) < 4.78 is 30.8. The van der Waals surface area contributed by atoms with Gasteiger partial charge in [0.05, 0.1) is 28.5 Å². The van der Waals surface area contributed by atoms with Gasteiger partial charge in [0.15, 0.2) is 11.5 Å². The van der Waals surface area contributed by atoms with E-state index >= 15 is 4.39 Å². The number of amides is 1. The molecule has 11 nitrogen and oxygen atoms in total. The highest BCUT2D eigenvalue weighted by atomic mass is 19.1. The van der Waals surface area contributed by atoms with Crippen molar-refractivity contribution in [2.45, 2.75) is 19.8 Å². The van der Waals surface area contributed by atoms with Crippen molar-refractivity contribution in [1.82, 2.24) is 40.0 Å². The third-order valence-electron chi connectivity index (χ3n) is 7.03. The number of fused-ring (bicyclic) bond motifs is 2. The van der Waals surface area contributed by atoms with Crippen LogP contribution < -0.4 is 10.6 Å². The minimum absolute atomic E-state index is 0.134. The zero-order valence-corrected chi connectivity index (χ0v) is 24.4. The van der Waals surface area contributed by atoms with Gasteiger partial charge in [-0.1, -0.05) is 6.92 Å². The van der Waals surface area contributed by atoms with Gasteiger partial charge in [-0.2, -0.15) is 5.10 Å². The molecule has 5 heterocycles. The van der Waals surface area contributed by atoms with Crippen molar-refractivity contribution in [1.29, 1.82) is 0 Å². The number of aromatic nitrogens is 7. The van der Waals surface area contributed by atoms with Gasteiger partial charge in [-0.05, 0) is 50.8 Å². The molecule has 1 aromatic carbocycles. The second-order valence-corrected chi connectivity index (χ2v) is 10.6. The maximum absolute atomic E-state index is 16.2. The molecule has 224 valence electrons. The van der Waals surface area contributed by atoms with Crippen molar-refractivity contribution in [2.75, 3.05) is 37.8 Å². The van der Waals surface area contributed by atoms with E-state index in [0.717, 1.165) is 6.54 Å². The first kappa shape index (κ1) is 28.8. The summed E-state index contributed by atoms with van der Waals surface area (Å²) >= 11 is 0. The smallest absolute Gasteiger partial charge is 0.224 e. The molecule has 0 spiro atoms. The Morgan fingerprint density at radius 3 is 2.68 bits per heavy atom. The van der Waals surface area contributed by atoms with Crippen molar-refractivity contribution < 1.29 is 13.6 Å². The molecule has 6 rings (SSSR count). The molecule has 0 saturated heterocycles. The van der Waals surface area contributed by atoms with Gasteiger partial charge in [0.25, 0.3) is 0 Å². The third kappa shape index (κ3) is 5.81. The first-order valence-corrected chi connectivity index (χ1v) is 14.1. The molecular weight excluding hydrogens is 566 g/mol. The van der Waals surface area contributed by atoms with E-state index in [0.29, 0.717) is 70.1 Å². The van der Waals surface area contributed by atoms with Gasteiger partial charge >= 0.3 is 0 Å². The molecule has 0 fully saturated rings. The van der Waals surface area contributed by atoms with Gasteiger partial charge in [0.1, 0.15) is 22.8 Å². The molecule has 0 bridgehead atoms. The molecular formula is C31H30F2N10O. The number of carbonyl (C=O) groups excluding carboxylic acids is 1. The lowest BCUT2D eigenvalue weighted by molar-refractivity contribution is -0.116. The maximum atomic E-state index is 16.2. The molecule has 6 aromatic rings. The number of H-pyrrole nitrogens is 2. The normalized spacial score (nSPS) is 11.5. The number of nitrogens with one attached hydrogen (secondary N) is 4. The Labute approximate surface area is 251 Å². The van der Waals surface area contributed by atoms with Crippen LogP contribution in [-0.2, 0) is 4.79 Å². The Balaban J connectivity index is 1.38. The second-order valence-electron chi connectivity index (χ2n) is 10.6. The molecule has 0 atom stereocenters. The second kappa shape index (κ2) is 12.1. The number of carbonyl (C=O) groups is 1. The van der Waals surface area contributed by atoms with Crippen molar-refractivity contribution in [3.05, 3.63) is 66.8 Å². The number of hydrogen-bond acceptors (Lipinski definition) is 8. The SMILES string of the molecule is CCCC(=O)Nc1cncc(-c2cnc3n[nH]c(-c4nc5c(-c6cc(F)cc(NCCN(C)C)c6)nccc5[nH]4)c3c2F)c1. The summed E-state index contributed by atoms with van der Waals surface area (Å²) in [5.74, 6) is -0.816. The van der Waals surface area contributed by atoms with E-state index in [1.165, 1.54) is 30.7 Å².